The molecule has 2 aromatic rings. The average Bonchev–Trinajstić information content (AvgIpc) is 2.66. The zero-order valence-corrected chi connectivity index (χ0v) is 14.3. The molecular formula is C20H17FO5. The van der Waals surface area contributed by atoms with Crippen molar-refractivity contribution in [3.63, 3.8) is 0 Å². The van der Waals surface area contributed by atoms with Crippen LogP contribution in [0.2, 0.25) is 0 Å². The van der Waals surface area contributed by atoms with Crippen LogP contribution in [-0.4, -0.2) is 31.8 Å². The van der Waals surface area contributed by atoms with Crippen molar-refractivity contribution < 1.29 is 28.2 Å². The smallest absolute Gasteiger partial charge is 0.352 e. The summed E-state index contributed by atoms with van der Waals surface area (Å²) in [6.45, 7) is 1.80. The number of benzene rings is 2. The molecule has 3 rings (SSSR count). The van der Waals surface area contributed by atoms with Crippen LogP contribution in [-0.2, 0) is 19.1 Å². The Bertz CT molecular complexity index is 870. The van der Waals surface area contributed by atoms with Gasteiger partial charge in [0.1, 0.15) is 11.6 Å². The van der Waals surface area contributed by atoms with E-state index < -0.39 is 23.9 Å². The molecule has 1 aliphatic rings. The number of hydrogen-bond acceptors (Lipinski definition) is 5. The lowest BCUT2D eigenvalue weighted by molar-refractivity contribution is -0.152. The summed E-state index contributed by atoms with van der Waals surface area (Å²) in [6.07, 6.45) is -1.27. The van der Waals surface area contributed by atoms with E-state index in [2.05, 4.69) is 0 Å². The number of ether oxygens (including phenoxy) is 3. The van der Waals surface area contributed by atoms with Gasteiger partial charge in [-0.05, 0) is 30.7 Å². The SMILES string of the molecule is CCOC(=O)C1Oc2ccccc2C(c2ccc(F)cc2)=C1C(=O)OC. The first-order valence-corrected chi connectivity index (χ1v) is 8.08. The Hall–Kier alpha value is -3.15. The van der Waals surface area contributed by atoms with E-state index in [-0.39, 0.29) is 12.2 Å². The predicted octanol–water partition coefficient (Wildman–Crippen LogP) is 3.12. The van der Waals surface area contributed by atoms with Gasteiger partial charge >= 0.3 is 11.9 Å². The van der Waals surface area contributed by atoms with Crippen LogP contribution >= 0.6 is 0 Å². The van der Waals surface area contributed by atoms with E-state index in [1.165, 1.54) is 31.4 Å². The van der Waals surface area contributed by atoms with Gasteiger partial charge in [0, 0.05) is 11.1 Å². The molecule has 26 heavy (non-hydrogen) atoms. The minimum absolute atomic E-state index is 0.0243. The number of fused-ring (bicyclic) bond motifs is 1. The number of esters is 2. The molecular weight excluding hydrogens is 339 g/mol. The van der Waals surface area contributed by atoms with E-state index >= 15 is 0 Å². The van der Waals surface area contributed by atoms with E-state index in [9.17, 15) is 14.0 Å². The van der Waals surface area contributed by atoms with Gasteiger partial charge in [-0.15, -0.1) is 0 Å². The number of carbonyl (C=O) groups excluding carboxylic acids is 2. The molecule has 0 bridgehead atoms. The number of hydrogen-bond donors (Lipinski definition) is 0. The second-order valence-electron chi connectivity index (χ2n) is 5.53. The number of carbonyl (C=O) groups is 2. The maximum atomic E-state index is 13.4. The van der Waals surface area contributed by atoms with Crippen LogP contribution in [0, 0.1) is 5.82 Å². The Morgan fingerprint density at radius 2 is 1.81 bits per heavy atom. The van der Waals surface area contributed by atoms with Crippen LogP contribution in [0.3, 0.4) is 0 Å². The lowest BCUT2D eigenvalue weighted by atomic mass is 9.87. The molecule has 134 valence electrons. The van der Waals surface area contributed by atoms with Gasteiger partial charge in [-0.3, -0.25) is 0 Å². The molecule has 1 atom stereocenters. The normalized spacial score (nSPS) is 15.7. The highest BCUT2D eigenvalue weighted by Gasteiger charge is 2.39. The fourth-order valence-corrected chi connectivity index (χ4v) is 2.87. The average molecular weight is 356 g/mol. The summed E-state index contributed by atoms with van der Waals surface area (Å²) in [7, 11) is 1.22. The third-order valence-corrected chi connectivity index (χ3v) is 3.97. The highest BCUT2D eigenvalue weighted by Crippen LogP contribution is 2.40. The molecule has 6 heteroatoms. The number of rotatable bonds is 4. The zero-order chi connectivity index (χ0) is 18.7. The van der Waals surface area contributed by atoms with Gasteiger partial charge in [0.2, 0.25) is 6.10 Å². The minimum atomic E-state index is -1.27. The Balaban J connectivity index is 2.28. The van der Waals surface area contributed by atoms with E-state index in [0.717, 1.165) is 0 Å². The molecule has 1 heterocycles. The standard InChI is InChI=1S/C20H17FO5/c1-3-25-20(23)18-17(19(22)24-2)16(12-8-10-13(21)11-9-12)14-6-4-5-7-15(14)26-18/h4-11,18H,3H2,1-2H3. The first-order chi connectivity index (χ1) is 12.6. The highest BCUT2D eigenvalue weighted by atomic mass is 19.1. The van der Waals surface area contributed by atoms with Crippen molar-refractivity contribution in [3.05, 3.63) is 71.0 Å². The summed E-state index contributed by atoms with van der Waals surface area (Å²) in [5.74, 6) is -1.38. The van der Waals surface area contributed by atoms with Gasteiger partial charge in [-0.25, -0.2) is 14.0 Å². The summed E-state index contributed by atoms with van der Waals surface area (Å²) in [5, 5.41) is 0. The maximum absolute atomic E-state index is 13.4. The van der Waals surface area contributed by atoms with Gasteiger partial charge < -0.3 is 14.2 Å². The molecule has 0 aliphatic carbocycles. The van der Waals surface area contributed by atoms with Crippen LogP contribution in [0.1, 0.15) is 18.1 Å². The topological polar surface area (TPSA) is 61.8 Å². The monoisotopic (exact) mass is 356 g/mol. The molecule has 0 radical (unpaired) electrons. The summed E-state index contributed by atoms with van der Waals surface area (Å²) >= 11 is 0. The summed E-state index contributed by atoms with van der Waals surface area (Å²) in [5.41, 5.74) is 1.66. The predicted molar refractivity (Wildman–Crippen MR) is 91.9 cm³/mol. The maximum Gasteiger partial charge on any atom is 0.352 e. The van der Waals surface area contributed by atoms with E-state index in [1.807, 2.05) is 0 Å². The van der Waals surface area contributed by atoms with Crippen LogP contribution in [0.15, 0.2) is 54.1 Å². The van der Waals surface area contributed by atoms with Crippen molar-refractivity contribution >= 4 is 17.5 Å². The number of halogens is 1. The van der Waals surface area contributed by atoms with Gasteiger partial charge in [-0.2, -0.15) is 0 Å². The van der Waals surface area contributed by atoms with Gasteiger partial charge in [-0.1, -0.05) is 30.3 Å². The first-order valence-electron chi connectivity index (χ1n) is 8.08. The summed E-state index contributed by atoms with van der Waals surface area (Å²) < 4.78 is 29.1. The van der Waals surface area contributed by atoms with Crippen LogP contribution < -0.4 is 4.74 Å². The summed E-state index contributed by atoms with van der Waals surface area (Å²) in [6, 6.07) is 12.6. The van der Waals surface area contributed by atoms with Crippen molar-refractivity contribution in [1.29, 1.82) is 0 Å². The van der Waals surface area contributed by atoms with Gasteiger partial charge in [0.25, 0.3) is 0 Å². The fourth-order valence-electron chi connectivity index (χ4n) is 2.87. The first kappa shape index (κ1) is 17.7. The molecule has 1 aliphatic heterocycles. The molecule has 0 fully saturated rings. The molecule has 5 nitrogen and oxygen atoms in total. The Labute approximate surface area is 150 Å². The molecule has 0 spiro atoms. The minimum Gasteiger partial charge on any atom is -0.473 e. The van der Waals surface area contributed by atoms with Crippen LogP contribution in [0.4, 0.5) is 4.39 Å². The Morgan fingerprint density at radius 3 is 2.46 bits per heavy atom. The third kappa shape index (κ3) is 3.18. The Kier molecular flexibility index (Phi) is 5.02. The lowest BCUT2D eigenvalue weighted by Crippen LogP contribution is -2.38. The molecule has 0 saturated carbocycles. The zero-order valence-electron chi connectivity index (χ0n) is 14.3. The number of methoxy groups -OCH3 is 1. The van der Waals surface area contributed by atoms with Crippen molar-refractivity contribution in [1.82, 2.24) is 0 Å². The third-order valence-electron chi connectivity index (χ3n) is 3.97. The molecule has 0 amide bonds. The van der Waals surface area contributed by atoms with Gasteiger partial charge in [0.15, 0.2) is 0 Å². The molecule has 2 aromatic carbocycles. The molecule has 1 unspecified atom stereocenters. The Morgan fingerprint density at radius 1 is 1.12 bits per heavy atom. The second-order valence-corrected chi connectivity index (χ2v) is 5.53. The molecule has 0 saturated heterocycles. The van der Waals surface area contributed by atoms with E-state index in [4.69, 9.17) is 14.2 Å². The lowest BCUT2D eigenvalue weighted by Gasteiger charge is -2.28. The van der Waals surface area contributed by atoms with E-state index in [1.54, 1.807) is 31.2 Å². The van der Waals surface area contributed by atoms with Gasteiger partial charge in [0.05, 0.1) is 19.3 Å². The second kappa shape index (κ2) is 7.39. The van der Waals surface area contributed by atoms with Crippen molar-refractivity contribution in [2.24, 2.45) is 0 Å². The van der Waals surface area contributed by atoms with Crippen LogP contribution in [0.25, 0.3) is 5.57 Å². The van der Waals surface area contributed by atoms with Crippen molar-refractivity contribution in [3.8, 4) is 5.75 Å². The van der Waals surface area contributed by atoms with Crippen LogP contribution in [0.5, 0.6) is 5.75 Å². The number of para-hydroxylation sites is 1. The summed E-state index contributed by atoms with van der Waals surface area (Å²) in [4.78, 5) is 24.9. The van der Waals surface area contributed by atoms with Crippen molar-refractivity contribution in [2.45, 2.75) is 13.0 Å². The van der Waals surface area contributed by atoms with E-state index in [0.29, 0.717) is 22.4 Å². The quantitative estimate of drug-likeness (QED) is 0.788. The largest absolute Gasteiger partial charge is 0.473 e. The highest BCUT2D eigenvalue weighted by molar-refractivity contribution is 6.08. The van der Waals surface area contributed by atoms with Crippen molar-refractivity contribution in [2.75, 3.05) is 13.7 Å². The molecule has 0 aromatic heterocycles. The molecule has 0 N–H and O–H groups in total. The fraction of sp³-hybridized carbons (Fsp3) is 0.200.